The zero-order chi connectivity index (χ0) is 8.10. The normalized spacial score (nSPS) is 20.9. The van der Waals surface area contributed by atoms with Crippen LogP contribution in [0.5, 0.6) is 0 Å². The lowest BCUT2D eigenvalue weighted by molar-refractivity contribution is 0.405. The SMILES string of the molecule is CCC(CBr)CC1CC=CC1. The van der Waals surface area contributed by atoms with Crippen LogP contribution in [0.25, 0.3) is 0 Å². The van der Waals surface area contributed by atoms with Gasteiger partial charge in [0.25, 0.3) is 0 Å². The zero-order valence-corrected chi connectivity index (χ0v) is 8.81. The molecule has 11 heavy (non-hydrogen) atoms. The first kappa shape index (κ1) is 9.31. The summed E-state index contributed by atoms with van der Waals surface area (Å²) in [4.78, 5) is 0. The van der Waals surface area contributed by atoms with E-state index in [1.165, 1.54) is 31.0 Å². The maximum absolute atomic E-state index is 3.56. The first-order valence-electron chi connectivity index (χ1n) is 4.57. The van der Waals surface area contributed by atoms with Crippen molar-refractivity contribution in [1.29, 1.82) is 0 Å². The lowest BCUT2D eigenvalue weighted by atomic mass is 9.92. The molecule has 1 aliphatic carbocycles. The van der Waals surface area contributed by atoms with E-state index in [0.717, 1.165) is 11.8 Å². The van der Waals surface area contributed by atoms with E-state index in [9.17, 15) is 0 Å². The fourth-order valence-electron chi connectivity index (χ4n) is 1.68. The van der Waals surface area contributed by atoms with Crippen molar-refractivity contribution in [2.24, 2.45) is 11.8 Å². The Morgan fingerprint density at radius 2 is 2.09 bits per heavy atom. The van der Waals surface area contributed by atoms with E-state index in [2.05, 4.69) is 35.0 Å². The summed E-state index contributed by atoms with van der Waals surface area (Å²) in [6.45, 7) is 2.29. The van der Waals surface area contributed by atoms with Crippen molar-refractivity contribution < 1.29 is 0 Å². The van der Waals surface area contributed by atoms with Crippen LogP contribution in [-0.2, 0) is 0 Å². The van der Waals surface area contributed by atoms with Crippen LogP contribution < -0.4 is 0 Å². The molecule has 0 bridgehead atoms. The van der Waals surface area contributed by atoms with Crippen LogP contribution >= 0.6 is 15.9 Å². The molecule has 0 aromatic rings. The van der Waals surface area contributed by atoms with Crippen molar-refractivity contribution in [3.63, 3.8) is 0 Å². The van der Waals surface area contributed by atoms with Crippen LogP contribution in [0.1, 0.15) is 32.6 Å². The van der Waals surface area contributed by atoms with Gasteiger partial charge in [-0.3, -0.25) is 0 Å². The van der Waals surface area contributed by atoms with E-state index in [1.807, 2.05) is 0 Å². The first-order valence-corrected chi connectivity index (χ1v) is 5.70. The largest absolute Gasteiger partial charge is 0.0925 e. The fourth-order valence-corrected chi connectivity index (χ4v) is 2.40. The summed E-state index contributed by atoms with van der Waals surface area (Å²) in [6.07, 6.45) is 10.0. The van der Waals surface area contributed by atoms with Crippen molar-refractivity contribution in [2.45, 2.75) is 32.6 Å². The van der Waals surface area contributed by atoms with E-state index in [4.69, 9.17) is 0 Å². The molecule has 0 amide bonds. The Kier molecular flexibility index (Phi) is 4.21. The molecule has 0 aromatic carbocycles. The van der Waals surface area contributed by atoms with Gasteiger partial charge in [0.1, 0.15) is 0 Å². The summed E-state index contributed by atoms with van der Waals surface area (Å²) in [5.41, 5.74) is 0. The Morgan fingerprint density at radius 1 is 1.45 bits per heavy atom. The molecular weight excluding hydrogens is 200 g/mol. The Bertz CT molecular complexity index is 117. The highest BCUT2D eigenvalue weighted by molar-refractivity contribution is 9.09. The molecule has 0 saturated heterocycles. The lowest BCUT2D eigenvalue weighted by Gasteiger charge is -2.15. The zero-order valence-electron chi connectivity index (χ0n) is 7.22. The lowest BCUT2D eigenvalue weighted by Crippen LogP contribution is -2.06. The summed E-state index contributed by atoms with van der Waals surface area (Å²) < 4.78 is 0. The minimum Gasteiger partial charge on any atom is -0.0925 e. The molecule has 0 N–H and O–H groups in total. The van der Waals surface area contributed by atoms with E-state index in [1.54, 1.807) is 0 Å². The molecule has 0 aliphatic heterocycles. The summed E-state index contributed by atoms with van der Waals surface area (Å²) >= 11 is 3.56. The molecule has 0 radical (unpaired) electrons. The Morgan fingerprint density at radius 3 is 2.55 bits per heavy atom. The molecule has 0 aromatic heterocycles. The summed E-state index contributed by atoms with van der Waals surface area (Å²) in [6, 6.07) is 0. The predicted octanol–water partition coefficient (Wildman–Crippen LogP) is 3.76. The van der Waals surface area contributed by atoms with Gasteiger partial charge in [-0.05, 0) is 31.1 Å². The maximum atomic E-state index is 3.56. The highest BCUT2D eigenvalue weighted by Gasteiger charge is 2.14. The average molecular weight is 217 g/mol. The number of rotatable bonds is 4. The van der Waals surface area contributed by atoms with Gasteiger partial charge in [0.15, 0.2) is 0 Å². The molecule has 0 heterocycles. The van der Waals surface area contributed by atoms with Gasteiger partial charge in [-0.15, -0.1) is 0 Å². The number of hydrogen-bond donors (Lipinski definition) is 0. The smallest absolute Gasteiger partial charge is 0.00596 e. The molecule has 1 atom stereocenters. The second-order valence-corrected chi connectivity index (χ2v) is 4.12. The third kappa shape index (κ3) is 2.98. The summed E-state index contributed by atoms with van der Waals surface area (Å²) in [7, 11) is 0. The van der Waals surface area contributed by atoms with E-state index >= 15 is 0 Å². The quantitative estimate of drug-likeness (QED) is 0.496. The van der Waals surface area contributed by atoms with Crippen molar-refractivity contribution in [3.05, 3.63) is 12.2 Å². The van der Waals surface area contributed by atoms with Gasteiger partial charge in [-0.25, -0.2) is 0 Å². The van der Waals surface area contributed by atoms with Gasteiger partial charge >= 0.3 is 0 Å². The molecule has 64 valence electrons. The first-order chi connectivity index (χ1) is 5.36. The molecule has 0 nitrogen and oxygen atoms in total. The summed E-state index contributed by atoms with van der Waals surface area (Å²) in [5.74, 6) is 1.86. The van der Waals surface area contributed by atoms with Crippen molar-refractivity contribution >= 4 is 15.9 Å². The molecule has 1 rings (SSSR count). The molecule has 0 saturated carbocycles. The van der Waals surface area contributed by atoms with Crippen LogP contribution in [0.15, 0.2) is 12.2 Å². The Hall–Kier alpha value is 0.220. The number of halogens is 1. The summed E-state index contributed by atoms with van der Waals surface area (Å²) in [5, 5.41) is 1.18. The predicted molar refractivity (Wildman–Crippen MR) is 54.1 cm³/mol. The van der Waals surface area contributed by atoms with Gasteiger partial charge < -0.3 is 0 Å². The van der Waals surface area contributed by atoms with Gasteiger partial charge in [0, 0.05) is 5.33 Å². The molecule has 1 heteroatoms. The van der Waals surface area contributed by atoms with Gasteiger partial charge in [-0.2, -0.15) is 0 Å². The topological polar surface area (TPSA) is 0 Å². The molecule has 0 fully saturated rings. The third-order valence-corrected chi connectivity index (χ3v) is 3.48. The van der Waals surface area contributed by atoms with E-state index < -0.39 is 0 Å². The van der Waals surface area contributed by atoms with Gasteiger partial charge in [0.2, 0.25) is 0 Å². The molecular formula is C10H17Br. The number of allylic oxidation sites excluding steroid dienone is 2. The second kappa shape index (κ2) is 4.97. The Labute approximate surface area is 78.2 Å². The average Bonchev–Trinajstić information content (AvgIpc) is 2.52. The number of hydrogen-bond acceptors (Lipinski definition) is 0. The minimum atomic E-state index is 0.903. The molecule has 1 unspecified atom stereocenters. The van der Waals surface area contributed by atoms with Crippen molar-refractivity contribution in [2.75, 3.05) is 5.33 Å². The van der Waals surface area contributed by atoms with Crippen LogP contribution in [-0.4, -0.2) is 5.33 Å². The van der Waals surface area contributed by atoms with Crippen LogP contribution in [0.4, 0.5) is 0 Å². The minimum absolute atomic E-state index is 0.903. The second-order valence-electron chi connectivity index (χ2n) is 3.47. The molecule has 1 aliphatic rings. The van der Waals surface area contributed by atoms with Crippen molar-refractivity contribution in [3.8, 4) is 0 Å². The maximum Gasteiger partial charge on any atom is 0.00596 e. The standard InChI is InChI=1S/C10H17Br/c1-2-9(8-11)7-10-5-3-4-6-10/h3-4,9-10H,2,5-8H2,1H3. The highest BCUT2D eigenvalue weighted by Crippen LogP contribution is 2.27. The van der Waals surface area contributed by atoms with Crippen LogP contribution in [0, 0.1) is 11.8 Å². The van der Waals surface area contributed by atoms with Gasteiger partial charge in [-0.1, -0.05) is 41.4 Å². The van der Waals surface area contributed by atoms with Gasteiger partial charge in [0.05, 0.1) is 0 Å². The van der Waals surface area contributed by atoms with Crippen molar-refractivity contribution in [1.82, 2.24) is 0 Å². The Balaban J connectivity index is 2.17. The fraction of sp³-hybridized carbons (Fsp3) is 0.800. The highest BCUT2D eigenvalue weighted by atomic mass is 79.9. The molecule has 0 spiro atoms. The van der Waals surface area contributed by atoms with Crippen LogP contribution in [0.3, 0.4) is 0 Å². The monoisotopic (exact) mass is 216 g/mol. The third-order valence-electron chi connectivity index (χ3n) is 2.57. The van der Waals surface area contributed by atoms with E-state index in [-0.39, 0.29) is 0 Å². The van der Waals surface area contributed by atoms with Crippen LogP contribution in [0.2, 0.25) is 0 Å². The van der Waals surface area contributed by atoms with E-state index in [0.29, 0.717) is 0 Å². The number of alkyl halides is 1.